The van der Waals surface area contributed by atoms with E-state index in [-0.39, 0.29) is 17.9 Å². The van der Waals surface area contributed by atoms with Gasteiger partial charge in [-0.05, 0) is 30.5 Å². The van der Waals surface area contributed by atoms with Gasteiger partial charge in [0.15, 0.2) is 11.5 Å². The van der Waals surface area contributed by atoms with Crippen molar-refractivity contribution in [1.82, 2.24) is 25.1 Å². The molecule has 138 valence electrons. The van der Waals surface area contributed by atoms with Crippen LogP contribution < -0.4 is 5.32 Å². The summed E-state index contributed by atoms with van der Waals surface area (Å²) in [6.07, 6.45) is 2.28. The number of nitrogens with one attached hydrogen (secondary N) is 1. The summed E-state index contributed by atoms with van der Waals surface area (Å²) in [6.45, 7) is 8.28. The van der Waals surface area contributed by atoms with Crippen LogP contribution in [0.1, 0.15) is 68.1 Å². The topological polar surface area (TPSA) is 85.8 Å². The predicted octanol–water partition coefficient (Wildman–Crippen LogP) is 3.60. The van der Waals surface area contributed by atoms with Crippen molar-refractivity contribution in [2.24, 2.45) is 13.0 Å². The number of rotatable bonds is 6. The van der Waals surface area contributed by atoms with Gasteiger partial charge in [0.25, 0.3) is 5.91 Å². The Morgan fingerprint density at radius 3 is 2.65 bits per heavy atom. The summed E-state index contributed by atoms with van der Waals surface area (Å²) in [6, 6.07) is 5.12. The summed E-state index contributed by atoms with van der Waals surface area (Å²) in [5.41, 5.74) is 1.94. The molecule has 7 nitrogen and oxygen atoms in total. The minimum atomic E-state index is -0.200. The number of benzene rings is 1. The Hall–Kier alpha value is -2.70. The number of nitrogens with zero attached hydrogens (tertiary/aromatic N) is 4. The maximum atomic E-state index is 12.8. The number of amides is 1. The number of oxazole rings is 1. The van der Waals surface area contributed by atoms with Gasteiger partial charge in [-0.25, -0.2) is 9.97 Å². The van der Waals surface area contributed by atoms with E-state index in [2.05, 4.69) is 34.2 Å². The molecule has 0 saturated carbocycles. The first-order chi connectivity index (χ1) is 12.3. The van der Waals surface area contributed by atoms with E-state index >= 15 is 0 Å². The third kappa shape index (κ3) is 3.76. The Balaban J connectivity index is 1.85. The lowest BCUT2D eigenvalue weighted by atomic mass is 10.0. The summed E-state index contributed by atoms with van der Waals surface area (Å²) < 4.78 is 7.41. The Labute approximate surface area is 152 Å². The minimum absolute atomic E-state index is 0.158. The monoisotopic (exact) mass is 355 g/mol. The zero-order valence-corrected chi connectivity index (χ0v) is 15.9. The van der Waals surface area contributed by atoms with Crippen LogP contribution >= 0.6 is 0 Å². The summed E-state index contributed by atoms with van der Waals surface area (Å²) in [7, 11) is 1.83. The lowest BCUT2D eigenvalue weighted by Gasteiger charge is -2.19. The molecule has 7 heteroatoms. The standard InChI is InChI=1S/C19H25N5O2/c1-11(2)8-15(17-20-10-21-24(17)5)22-18(25)13-6-7-16-14(9-13)23-19(26-16)12(3)4/h6-7,9-12,15H,8H2,1-5H3,(H,22,25). The molecule has 1 aromatic carbocycles. The molecule has 1 N–H and O–H groups in total. The molecular formula is C19H25N5O2. The van der Waals surface area contributed by atoms with Gasteiger partial charge < -0.3 is 9.73 Å². The van der Waals surface area contributed by atoms with Crippen LogP contribution in [0.15, 0.2) is 28.9 Å². The molecule has 0 fully saturated rings. The molecule has 2 aromatic heterocycles. The fraction of sp³-hybridized carbons (Fsp3) is 0.474. The van der Waals surface area contributed by atoms with E-state index in [4.69, 9.17) is 4.42 Å². The number of hydrogen-bond acceptors (Lipinski definition) is 5. The Bertz CT molecular complexity index is 910. The molecule has 0 bridgehead atoms. The lowest BCUT2D eigenvalue weighted by Crippen LogP contribution is -2.31. The highest BCUT2D eigenvalue weighted by Gasteiger charge is 2.22. The van der Waals surface area contributed by atoms with Crippen molar-refractivity contribution in [3.8, 4) is 0 Å². The van der Waals surface area contributed by atoms with E-state index in [0.717, 1.165) is 12.2 Å². The van der Waals surface area contributed by atoms with Gasteiger partial charge in [0.05, 0.1) is 6.04 Å². The van der Waals surface area contributed by atoms with Crippen LogP contribution in [-0.2, 0) is 7.05 Å². The fourth-order valence-electron chi connectivity index (χ4n) is 2.90. The molecule has 1 atom stereocenters. The normalized spacial score (nSPS) is 12.9. The van der Waals surface area contributed by atoms with Crippen molar-refractivity contribution < 1.29 is 9.21 Å². The summed E-state index contributed by atoms with van der Waals surface area (Å²) >= 11 is 0. The molecule has 2 heterocycles. The highest BCUT2D eigenvalue weighted by molar-refractivity contribution is 5.97. The maximum absolute atomic E-state index is 12.8. The predicted molar refractivity (Wildman–Crippen MR) is 98.8 cm³/mol. The van der Waals surface area contributed by atoms with E-state index < -0.39 is 0 Å². The van der Waals surface area contributed by atoms with Crippen molar-refractivity contribution in [1.29, 1.82) is 0 Å². The van der Waals surface area contributed by atoms with Gasteiger partial charge in [-0.3, -0.25) is 9.48 Å². The van der Waals surface area contributed by atoms with Crippen molar-refractivity contribution in [3.05, 3.63) is 41.8 Å². The van der Waals surface area contributed by atoms with Crippen LogP contribution in [0.5, 0.6) is 0 Å². The second kappa shape index (κ2) is 7.27. The molecule has 3 rings (SSSR count). The number of aryl methyl sites for hydroxylation is 1. The number of hydrogen-bond donors (Lipinski definition) is 1. The molecule has 26 heavy (non-hydrogen) atoms. The summed E-state index contributed by atoms with van der Waals surface area (Å²) in [4.78, 5) is 21.6. The third-order valence-corrected chi connectivity index (χ3v) is 4.23. The quantitative estimate of drug-likeness (QED) is 0.730. The van der Waals surface area contributed by atoms with Crippen LogP contribution in [0, 0.1) is 5.92 Å². The number of carbonyl (C=O) groups is 1. The zero-order valence-electron chi connectivity index (χ0n) is 15.9. The van der Waals surface area contributed by atoms with Gasteiger partial charge in [0, 0.05) is 18.5 Å². The van der Waals surface area contributed by atoms with Gasteiger partial charge in [0.1, 0.15) is 17.7 Å². The van der Waals surface area contributed by atoms with Crippen molar-refractivity contribution in [3.63, 3.8) is 0 Å². The van der Waals surface area contributed by atoms with Crippen LogP contribution in [0.25, 0.3) is 11.1 Å². The molecule has 0 aliphatic rings. The lowest BCUT2D eigenvalue weighted by molar-refractivity contribution is 0.0929. The van der Waals surface area contributed by atoms with Crippen LogP contribution in [0.4, 0.5) is 0 Å². The molecule has 0 spiro atoms. The number of aromatic nitrogens is 4. The Morgan fingerprint density at radius 1 is 1.27 bits per heavy atom. The highest BCUT2D eigenvalue weighted by atomic mass is 16.3. The van der Waals surface area contributed by atoms with E-state index in [0.29, 0.717) is 28.5 Å². The van der Waals surface area contributed by atoms with E-state index in [1.165, 1.54) is 6.33 Å². The largest absolute Gasteiger partial charge is 0.440 e. The van der Waals surface area contributed by atoms with E-state index in [1.54, 1.807) is 22.9 Å². The molecule has 1 amide bonds. The zero-order chi connectivity index (χ0) is 18.8. The molecule has 0 aliphatic carbocycles. The smallest absolute Gasteiger partial charge is 0.251 e. The van der Waals surface area contributed by atoms with Crippen LogP contribution in [0.3, 0.4) is 0 Å². The second-order valence-corrected chi connectivity index (χ2v) is 7.29. The van der Waals surface area contributed by atoms with E-state index in [1.807, 2.05) is 20.9 Å². The summed E-state index contributed by atoms with van der Waals surface area (Å²) in [5.74, 6) is 1.87. The fourth-order valence-corrected chi connectivity index (χ4v) is 2.90. The first-order valence-electron chi connectivity index (χ1n) is 8.90. The van der Waals surface area contributed by atoms with Crippen molar-refractivity contribution in [2.75, 3.05) is 0 Å². The first kappa shape index (κ1) is 18.1. The van der Waals surface area contributed by atoms with Crippen molar-refractivity contribution >= 4 is 17.0 Å². The average Bonchev–Trinajstić information content (AvgIpc) is 3.18. The van der Waals surface area contributed by atoms with Gasteiger partial charge >= 0.3 is 0 Å². The molecule has 0 saturated heterocycles. The molecule has 0 aliphatic heterocycles. The van der Waals surface area contributed by atoms with Crippen molar-refractivity contribution in [2.45, 2.75) is 46.1 Å². The van der Waals surface area contributed by atoms with Gasteiger partial charge in [0.2, 0.25) is 0 Å². The first-order valence-corrected chi connectivity index (χ1v) is 8.90. The van der Waals surface area contributed by atoms with Crippen LogP contribution in [0.2, 0.25) is 0 Å². The highest BCUT2D eigenvalue weighted by Crippen LogP contribution is 2.23. The molecule has 0 radical (unpaired) electrons. The Morgan fingerprint density at radius 2 is 2.04 bits per heavy atom. The van der Waals surface area contributed by atoms with Crippen LogP contribution in [-0.4, -0.2) is 25.7 Å². The Kier molecular flexibility index (Phi) is 5.06. The molecule has 3 aromatic rings. The van der Waals surface area contributed by atoms with Gasteiger partial charge in [-0.2, -0.15) is 5.10 Å². The SMILES string of the molecule is CC(C)CC(NC(=O)c1ccc2oc(C(C)C)nc2c1)c1ncnn1C. The van der Waals surface area contributed by atoms with Gasteiger partial charge in [-0.15, -0.1) is 0 Å². The number of carbonyl (C=O) groups excluding carboxylic acids is 1. The maximum Gasteiger partial charge on any atom is 0.251 e. The van der Waals surface area contributed by atoms with Gasteiger partial charge in [-0.1, -0.05) is 27.7 Å². The third-order valence-electron chi connectivity index (χ3n) is 4.23. The number of fused-ring (bicyclic) bond motifs is 1. The minimum Gasteiger partial charge on any atom is -0.440 e. The average molecular weight is 355 g/mol. The molecular weight excluding hydrogens is 330 g/mol. The second-order valence-electron chi connectivity index (χ2n) is 7.29. The summed E-state index contributed by atoms with van der Waals surface area (Å²) in [5, 5.41) is 7.20. The molecule has 1 unspecified atom stereocenters. The van der Waals surface area contributed by atoms with E-state index in [9.17, 15) is 4.79 Å².